The fourth-order valence-electron chi connectivity index (χ4n) is 1.25. The number of carbonyl (C=O) groups is 1. The molecule has 1 atom stereocenters. The number of halogens is 1. The van der Waals surface area contributed by atoms with Gasteiger partial charge in [0.2, 0.25) is 0 Å². The molecule has 0 aliphatic heterocycles. The number of amides is 1. The van der Waals surface area contributed by atoms with Crippen LogP contribution < -0.4 is 11.0 Å². The summed E-state index contributed by atoms with van der Waals surface area (Å²) in [7, 11) is 0. The lowest BCUT2D eigenvalue weighted by Gasteiger charge is -2.08. The number of aromatic nitrogens is 2. The van der Waals surface area contributed by atoms with Crippen molar-refractivity contribution in [2.24, 2.45) is 0 Å². The Kier molecular flexibility index (Phi) is 5.02. The van der Waals surface area contributed by atoms with Crippen LogP contribution in [0.5, 0.6) is 0 Å². The van der Waals surface area contributed by atoms with Crippen molar-refractivity contribution in [3.8, 4) is 0 Å². The van der Waals surface area contributed by atoms with Gasteiger partial charge in [0.1, 0.15) is 0 Å². The van der Waals surface area contributed by atoms with E-state index in [1.807, 2.05) is 25.3 Å². The average molecular weight is 257 g/mol. The fourth-order valence-corrected chi connectivity index (χ4v) is 1.48. The quantitative estimate of drug-likeness (QED) is 0.555. The minimum atomic E-state index is -0.528. The van der Waals surface area contributed by atoms with Gasteiger partial charge in [0.25, 0.3) is 5.91 Å². The molecule has 1 unspecified atom stereocenters. The first kappa shape index (κ1) is 13.6. The summed E-state index contributed by atoms with van der Waals surface area (Å²) in [6.45, 7) is 3.66. The van der Waals surface area contributed by atoms with E-state index in [1.165, 1.54) is 12.4 Å². The first-order chi connectivity index (χ1) is 8.10. The second-order valence-electron chi connectivity index (χ2n) is 3.22. The number of allylic oxidation sites excluding steroid dienone is 2. The van der Waals surface area contributed by atoms with Crippen LogP contribution in [0.4, 0.5) is 0 Å². The maximum Gasteiger partial charge on any atom is 0.270 e. The second kappa shape index (κ2) is 6.29. The first-order valence-electron chi connectivity index (χ1n) is 4.92. The van der Waals surface area contributed by atoms with Crippen LogP contribution in [-0.2, 0) is 0 Å². The predicted octanol–water partition coefficient (Wildman–Crippen LogP) is 1.13. The Balaban J connectivity index is 2.91. The topological polar surface area (TPSA) is 87.1 Å². The summed E-state index contributed by atoms with van der Waals surface area (Å²) in [5.74, 6) is -0.0523. The molecule has 0 fully saturated rings. The molecular formula is C10H13ClN4O2. The van der Waals surface area contributed by atoms with Crippen LogP contribution in [0.3, 0.4) is 0 Å². The lowest BCUT2D eigenvalue weighted by Crippen LogP contribution is -2.34. The molecular weight excluding hydrogens is 244 g/mol. The van der Waals surface area contributed by atoms with Crippen LogP contribution in [-0.4, -0.2) is 26.5 Å². The summed E-state index contributed by atoms with van der Waals surface area (Å²) in [4.78, 5) is 19.4. The molecule has 0 radical (unpaired) electrons. The van der Waals surface area contributed by atoms with Crippen molar-refractivity contribution in [2.75, 3.05) is 0 Å². The molecule has 7 heteroatoms. The third-order valence-electron chi connectivity index (χ3n) is 2.08. The van der Waals surface area contributed by atoms with E-state index in [9.17, 15) is 4.79 Å². The molecule has 6 nitrogen and oxygen atoms in total. The maximum atomic E-state index is 11.3. The summed E-state index contributed by atoms with van der Waals surface area (Å²) < 4.78 is 0. The minimum Gasteiger partial charge on any atom is -0.297 e. The van der Waals surface area contributed by atoms with Gasteiger partial charge < -0.3 is 0 Å². The summed E-state index contributed by atoms with van der Waals surface area (Å²) in [6, 6.07) is 0. The number of hydrogen-bond acceptors (Lipinski definition) is 5. The highest BCUT2D eigenvalue weighted by Crippen LogP contribution is 2.18. The highest BCUT2D eigenvalue weighted by molar-refractivity contribution is 6.25. The molecule has 17 heavy (non-hydrogen) atoms. The number of carbonyl (C=O) groups excluding carboxylic acids is 1. The van der Waals surface area contributed by atoms with Gasteiger partial charge in [0.05, 0.1) is 10.9 Å². The summed E-state index contributed by atoms with van der Waals surface area (Å²) in [5, 5.41) is 8.09. The largest absolute Gasteiger partial charge is 0.297 e. The van der Waals surface area contributed by atoms with Gasteiger partial charge in [-0.2, -0.15) is 0 Å². The van der Waals surface area contributed by atoms with Crippen molar-refractivity contribution < 1.29 is 10.0 Å². The Morgan fingerprint density at radius 2 is 2.12 bits per heavy atom. The van der Waals surface area contributed by atoms with Crippen LogP contribution in [0.1, 0.15) is 30.0 Å². The monoisotopic (exact) mass is 256 g/mol. The Morgan fingerprint density at radius 1 is 1.53 bits per heavy atom. The van der Waals surface area contributed by atoms with Gasteiger partial charge in [0, 0.05) is 18.0 Å². The van der Waals surface area contributed by atoms with Gasteiger partial charge in [-0.1, -0.05) is 6.08 Å². The van der Waals surface area contributed by atoms with E-state index >= 15 is 0 Å². The molecule has 1 aromatic heterocycles. The summed E-state index contributed by atoms with van der Waals surface area (Å²) in [6.07, 6.45) is 4.54. The van der Waals surface area contributed by atoms with E-state index in [1.54, 1.807) is 5.59 Å². The van der Waals surface area contributed by atoms with Gasteiger partial charge in [-0.25, -0.2) is 9.97 Å². The molecule has 0 saturated carbocycles. The van der Waals surface area contributed by atoms with E-state index in [0.29, 0.717) is 5.82 Å². The van der Waals surface area contributed by atoms with Crippen molar-refractivity contribution in [2.45, 2.75) is 19.2 Å². The van der Waals surface area contributed by atoms with E-state index in [4.69, 9.17) is 16.8 Å². The molecule has 1 rings (SSSR count). The normalized spacial score (nSPS) is 13.3. The molecule has 0 aromatic carbocycles. The van der Waals surface area contributed by atoms with Crippen LogP contribution in [0.25, 0.3) is 5.57 Å². The lowest BCUT2D eigenvalue weighted by atomic mass is 10.1. The molecule has 0 aliphatic carbocycles. The molecule has 92 valence electrons. The molecule has 1 heterocycles. The van der Waals surface area contributed by atoms with Crippen molar-refractivity contribution >= 4 is 23.1 Å². The van der Waals surface area contributed by atoms with Crippen molar-refractivity contribution in [1.29, 1.82) is 0 Å². The Labute approximate surface area is 104 Å². The number of hydrogen-bond donors (Lipinski definition) is 3. The van der Waals surface area contributed by atoms with E-state index in [-0.39, 0.29) is 10.9 Å². The molecule has 3 N–H and O–H groups in total. The van der Waals surface area contributed by atoms with Crippen molar-refractivity contribution in [1.82, 2.24) is 21.0 Å². The first-order valence-corrected chi connectivity index (χ1v) is 5.36. The van der Waals surface area contributed by atoms with Gasteiger partial charge in [0.15, 0.2) is 5.82 Å². The molecule has 0 aliphatic rings. The highest BCUT2D eigenvalue weighted by atomic mass is 35.5. The SMILES string of the molecule is C/C=C(/c1ncc(C(=O)NNO)cn1)C(C)Cl. The molecule has 0 bridgehead atoms. The average Bonchev–Trinajstić information content (AvgIpc) is 2.30. The van der Waals surface area contributed by atoms with Gasteiger partial charge in [-0.15, -0.1) is 17.2 Å². The summed E-state index contributed by atoms with van der Waals surface area (Å²) in [5.41, 5.74) is 4.56. The number of hydrazine groups is 1. The van der Waals surface area contributed by atoms with Gasteiger partial charge in [-0.3, -0.25) is 15.4 Å². The highest BCUT2D eigenvalue weighted by Gasteiger charge is 2.11. The van der Waals surface area contributed by atoms with Crippen LogP contribution >= 0.6 is 11.6 Å². The zero-order chi connectivity index (χ0) is 12.8. The van der Waals surface area contributed by atoms with Crippen LogP contribution in [0.15, 0.2) is 18.5 Å². The van der Waals surface area contributed by atoms with Crippen molar-refractivity contribution in [3.05, 3.63) is 29.9 Å². The minimum absolute atomic E-state index is 0.209. The van der Waals surface area contributed by atoms with Crippen LogP contribution in [0.2, 0.25) is 0 Å². The number of rotatable bonds is 4. The summed E-state index contributed by atoms with van der Waals surface area (Å²) >= 11 is 5.96. The smallest absolute Gasteiger partial charge is 0.270 e. The van der Waals surface area contributed by atoms with E-state index in [0.717, 1.165) is 5.57 Å². The standard InChI is InChI=1S/C10H13ClN4O2/c1-3-8(6(2)11)9-12-4-7(5-13-9)10(16)14-15-17/h3-6,15,17H,1-2H3,(H,14,16)/b8-3+. The Morgan fingerprint density at radius 3 is 2.53 bits per heavy atom. The third-order valence-corrected chi connectivity index (χ3v) is 2.32. The second-order valence-corrected chi connectivity index (χ2v) is 3.88. The number of nitrogens with one attached hydrogen (secondary N) is 2. The Bertz CT molecular complexity index is 417. The Hall–Kier alpha value is -1.50. The zero-order valence-corrected chi connectivity index (χ0v) is 10.2. The number of alkyl halides is 1. The zero-order valence-electron chi connectivity index (χ0n) is 9.44. The molecule has 1 amide bonds. The van der Waals surface area contributed by atoms with Crippen molar-refractivity contribution in [3.63, 3.8) is 0 Å². The van der Waals surface area contributed by atoms with Crippen LogP contribution in [0, 0.1) is 0 Å². The predicted molar refractivity (Wildman–Crippen MR) is 63.4 cm³/mol. The molecule has 0 saturated heterocycles. The third kappa shape index (κ3) is 3.48. The van der Waals surface area contributed by atoms with Gasteiger partial charge in [-0.05, 0) is 13.8 Å². The van der Waals surface area contributed by atoms with E-state index in [2.05, 4.69) is 9.97 Å². The lowest BCUT2D eigenvalue weighted by molar-refractivity contribution is 0.0731. The van der Waals surface area contributed by atoms with Gasteiger partial charge >= 0.3 is 0 Å². The number of nitrogens with zero attached hydrogens (tertiary/aromatic N) is 2. The van der Waals surface area contributed by atoms with E-state index < -0.39 is 5.91 Å². The molecule has 1 aromatic rings. The fraction of sp³-hybridized carbons (Fsp3) is 0.300. The molecule has 0 spiro atoms. The maximum absolute atomic E-state index is 11.3.